The highest BCUT2D eigenvalue weighted by Gasteiger charge is 2.47. The van der Waals surface area contributed by atoms with Gasteiger partial charge in [0.05, 0.1) is 17.3 Å². The van der Waals surface area contributed by atoms with E-state index in [1.807, 2.05) is 4.98 Å². The highest BCUT2D eigenvalue weighted by atomic mass is 31.2. The molecule has 11 nitrogen and oxygen atoms in total. The van der Waals surface area contributed by atoms with Crippen LogP contribution in [0.15, 0.2) is 15.8 Å². The number of ether oxygens (including phenoxy) is 1. The number of aromatic nitrogens is 2. The third-order valence-corrected chi connectivity index (χ3v) is 6.20. The van der Waals surface area contributed by atoms with Crippen LogP contribution in [-0.4, -0.2) is 59.9 Å². The number of H-pyrrole nitrogens is 2. The second-order valence-electron chi connectivity index (χ2n) is 7.11. The zero-order chi connectivity index (χ0) is 20.6. The zero-order valence-electron chi connectivity index (χ0n) is 15.2. The Labute approximate surface area is 154 Å². The van der Waals surface area contributed by atoms with Gasteiger partial charge >= 0.3 is 13.3 Å². The van der Waals surface area contributed by atoms with Gasteiger partial charge in [0.1, 0.15) is 18.3 Å². The van der Waals surface area contributed by atoms with Crippen LogP contribution in [0.3, 0.4) is 0 Å². The lowest BCUT2D eigenvalue weighted by Gasteiger charge is -2.32. The lowest BCUT2D eigenvalue weighted by atomic mass is 9.96. The van der Waals surface area contributed by atoms with Crippen LogP contribution in [-0.2, 0) is 13.8 Å². The molecule has 1 aliphatic rings. The van der Waals surface area contributed by atoms with E-state index in [0.717, 1.165) is 6.20 Å². The molecule has 6 N–H and O–H groups in total. The fourth-order valence-corrected chi connectivity index (χ4v) is 4.34. The van der Waals surface area contributed by atoms with Crippen LogP contribution in [0, 0.1) is 0 Å². The van der Waals surface area contributed by atoms with E-state index in [1.165, 1.54) is 20.8 Å². The Morgan fingerprint density at radius 1 is 1.33 bits per heavy atom. The summed E-state index contributed by atoms with van der Waals surface area (Å²) in [5.41, 5.74) is -2.86. The van der Waals surface area contributed by atoms with Gasteiger partial charge in [-0.25, -0.2) is 4.79 Å². The molecule has 0 amide bonds. The van der Waals surface area contributed by atoms with Crippen LogP contribution in [0.4, 0.5) is 0 Å². The third kappa shape index (κ3) is 4.94. The molecule has 1 aliphatic heterocycles. The number of aliphatic hydroxyl groups excluding tert-OH is 3. The van der Waals surface area contributed by atoms with Gasteiger partial charge in [0, 0.05) is 12.6 Å². The summed E-state index contributed by atoms with van der Waals surface area (Å²) in [6.07, 6.45) is -4.09. The van der Waals surface area contributed by atoms with Crippen molar-refractivity contribution in [3.8, 4) is 0 Å². The van der Waals surface area contributed by atoms with E-state index in [9.17, 15) is 34.4 Å². The Kier molecular flexibility index (Phi) is 6.48. The van der Waals surface area contributed by atoms with Crippen molar-refractivity contribution in [2.75, 3.05) is 0 Å². The normalized spacial score (nSPS) is 29.4. The maximum absolute atomic E-state index is 12.1. The topological polar surface area (TPSA) is 182 Å². The van der Waals surface area contributed by atoms with Crippen LogP contribution in [0.25, 0.3) is 0 Å². The Morgan fingerprint density at radius 2 is 1.96 bits per heavy atom. The molecule has 0 bridgehead atoms. The molecule has 1 fully saturated rings. The molecule has 12 heteroatoms. The minimum atomic E-state index is -4.32. The molecule has 1 aromatic rings. The molecule has 1 aromatic heterocycles. The van der Waals surface area contributed by atoms with Gasteiger partial charge in [-0.05, 0) is 20.3 Å². The van der Waals surface area contributed by atoms with Gasteiger partial charge in [-0.3, -0.25) is 14.3 Å². The quantitative estimate of drug-likeness (QED) is 0.318. The first-order valence-electron chi connectivity index (χ1n) is 8.42. The van der Waals surface area contributed by atoms with Crippen molar-refractivity contribution in [3.63, 3.8) is 0 Å². The minimum Gasteiger partial charge on any atom is -0.388 e. The lowest BCUT2D eigenvalue weighted by molar-refractivity contribution is -0.0422. The number of hydrogen-bond donors (Lipinski definition) is 6. The molecule has 2 unspecified atom stereocenters. The van der Waals surface area contributed by atoms with Crippen molar-refractivity contribution >= 4 is 7.60 Å². The molecule has 0 spiro atoms. The molecule has 27 heavy (non-hydrogen) atoms. The Hall–Kier alpha value is -1.33. The van der Waals surface area contributed by atoms with Gasteiger partial charge in [0.15, 0.2) is 5.85 Å². The summed E-state index contributed by atoms with van der Waals surface area (Å²) in [6.45, 7) is 4.47. The second-order valence-corrected chi connectivity index (χ2v) is 9.02. The number of rotatable bonds is 7. The number of nitrogens with one attached hydrogen (secondary N) is 2. The predicted octanol–water partition coefficient (Wildman–Crippen LogP) is -0.676. The van der Waals surface area contributed by atoms with Crippen LogP contribution < -0.4 is 11.2 Å². The first-order chi connectivity index (χ1) is 12.4. The van der Waals surface area contributed by atoms with Crippen LogP contribution in [0.2, 0.25) is 0 Å². The SMILES string of the molecule is CCC(O)P(=O)(O)OC(C)(C)C[C@H]1O[C@@H](c2c[nH]c(=O)[nH]c2=O)[C@H](O)[C@@H]1O. The predicted molar refractivity (Wildman–Crippen MR) is 93.2 cm³/mol. The van der Waals surface area contributed by atoms with Gasteiger partial charge in [-0.1, -0.05) is 6.92 Å². The molecule has 2 rings (SSSR count). The van der Waals surface area contributed by atoms with E-state index in [-0.39, 0.29) is 18.4 Å². The summed E-state index contributed by atoms with van der Waals surface area (Å²) in [4.78, 5) is 37.1. The number of aliphatic hydroxyl groups is 3. The summed E-state index contributed by atoms with van der Waals surface area (Å²) in [7, 11) is -4.32. The van der Waals surface area contributed by atoms with Crippen molar-refractivity contribution in [2.45, 2.75) is 69.5 Å². The summed E-state index contributed by atoms with van der Waals surface area (Å²) in [6, 6.07) is 0. The summed E-state index contributed by atoms with van der Waals surface area (Å²) in [5.74, 6) is -1.55. The van der Waals surface area contributed by atoms with E-state index in [1.54, 1.807) is 0 Å². The summed E-state index contributed by atoms with van der Waals surface area (Å²) >= 11 is 0. The molecular formula is C15H25N2O9P. The monoisotopic (exact) mass is 408 g/mol. The van der Waals surface area contributed by atoms with E-state index >= 15 is 0 Å². The molecule has 0 radical (unpaired) electrons. The lowest BCUT2D eigenvalue weighted by Crippen LogP contribution is -2.37. The van der Waals surface area contributed by atoms with Crippen molar-refractivity contribution in [3.05, 3.63) is 32.6 Å². The molecule has 1 saturated heterocycles. The Bertz CT molecular complexity index is 820. The minimum absolute atomic E-state index is 0.0161. The average molecular weight is 408 g/mol. The first kappa shape index (κ1) is 22.0. The third-order valence-electron chi connectivity index (χ3n) is 4.33. The van der Waals surface area contributed by atoms with E-state index in [2.05, 4.69) is 4.98 Å². The van der Waals surface area contributed by atoms with Crippen molar-refractivity contribution < 1.29 is 34.0 Å². The van der Waals surface area contributed by atoms with Crippen molar-refractivity contribution in [1.82, 2.24) is 9.97 Å². The summed E-state index contributed by atoms with van der Waals surface area (Å²) < 4.78 is 22.8. The van der Waals surface area contributed by atoms with Gasteiger partial charge in [-0.15, -0.1) is 0 Å². The molecule has 0 saturated carbocycles. The first-order valence-corrected chi connectivity index (χ1v) is 10.1. The van der Waals surface area contributed by atoms with Crippen molar-refractivity contribution in [2.24, 2.45) is 0 Å². The van der Waals surface area contributed by atoms with Crippen LogP contribution in [0.1, 0.15) is 45.3 Å². The highest BCUT2D eigenvalue weighted by molar-refractivity contribution is 7.53. The average Bonchev–Trinajstić information content (AvgIpc) is 2.81. The fraction of sp³-hybridized carbons (Fsp3) is 0.733. The molecule has 154 valence electrons. The molecular weight excluding hydrogens is 383 g/mol. The van der Waals surface area contributed by atoms with E-state index in [0.29, 0.717) is 0 Å². The maximum Gasteiger partial charge on any atom is 0.356 e. The standard InChI is InChI=1S/C15H25N2O9P/c1-4-9(18)27(23,24)26-15(2,3)5-8-10(19)11(20)12(25-8)7-6-16-14(22)17-13(7)21/h6,8-12,18-20H,4-5H2,1-3H3,(H,23,24)(H2,16,17,21,22)/t8-,9?,10-,11-,12+/m1/s1. The fourth-order valence-electron chi connectivity index (χ4n) is 2.97. The maximum atomic E-state index is 12.1. The smallest absolute Gasteiger partial charge is 0.356 e. The van der Waals surface area contributed by atoms with Crippen LogP contribution in [0.5, 0.6) is 0 Å². The van der Waals surface area contributed by atoms with Crippen molar-refractivity contribution in [1.29, 1.82) is 0 Å². The van der Waals surface area contributed by atoms with Gasteiger partial charge in [-0.2, -0.15) is 0 Å². The molecule has 0 aromatic carbocycles. The number of aromatic amines is 2. The highest BCUT2D eigenvalue weighted by Crippen LogP contribution is 2.52. The molecule has 2 heterocycles. The van der Waals surface area contributed by atoms with E-state index < -0.39 is 54.7 Å². The van der Waals surface area contributed by atoms with E-state index in [4.69, 9.17) is 9.26 Å². The number of hydrogen-bond acceptors (Lipinski definition) is 8. The van der Waals surface area contributed by atoms with Gasteiger partial charge in [0.25, 0.3) is 5.56 Å². The van der Waals surface area contributed by atoms with Crippen LogP contribution >= 0.6 is 7.60 Å². The molecule has 6 atom stereocenters. The zero-order valence-corrected chi connectivity index (χ0v) is 16.1. The Morgan fingerprint density at radius 3 is 2.52 bits per heavy atom. The second kappa shape index (κ2) is 7.96. The largest absolute Gasteiger partial charge is 0.388 e. The van der Waals surface area contributed by atoms with Gasteiger partial charge < -0.3 is 34.5 Å². The summed E-state index contributed by atoms with van der Waals surface area (Å²) in [5, 5.41) is 30.1. The van der Waals surface area contributed by atoms with Gasteiger partial charge in [0.2, 0.25) is 0 Å². The molecule has 0 aliphatic carbocycles. The Balaban J connectivity index is 2.16.